The van der Waals surface area contributed by atoms with Crippen LogP contribution in [0, 0.1) is 13.8 Å². The molecule has 2 aliphatic carbocycles. The number of anilines is 5. The Labute approximate surface area is 494 Å². The van der Waals surface area contributed by atoms with Crippen molar-refractivity contribution in [2.24, 2.45) is 0 Å². The standard InChI is InChI=1S/C78H66N2Si3/c1-49-45-67-73(63-29-17-13-25-59(49)63)75-65-31-19-15-27-61(65)71(79-53-33-43-58(44-34-53)83(5)6)47-69(75)77(67,51-21-9-7-10-22-51)78(52-23-11-8-12-24-52)68-46-50(2)60-26-14-18-30-64(60)74(68)76-66-32-20-16-28-62(66)72(48-70(76)78)80(54-35-39-56(81-3)40-36-54)55-37-41-57(82-4)42-38-55/h7-48,79,83H,81-82H2,1-6H3. The van der Waals surface area contributed by atoms with Crippen LogP contribution in [-0.4, -0.2) is 27.8 Å². The minimum Gasteiger partial charge on any atom is -0.355 e. The maximum absolute atomic E-state index is 4.14. The molecule has 83 heavy (non-hydrogen) atoms. The highest BCUT2D eigenvalue weighted by Crippen LogP contribution is 2.73. The van der Waals surface area contributed by atoms with Crippen LogP contribution in [0.5, 0.6) is 0 Å². The van der Waals surface area contributed by atoms with Crippen LogP contribution in [0.15, 0.2) is 255 Å². The topological polar surface area (TPSA) is 15.3 Å². The summed E-state index contributed by atoms with van der Waals surface area (Å²) in [6, 6.07) is 99.4. The first-order valence-corrected chi connectivity index (χ1v) is 37.0. The van der Waals surface area contributed by atoms with Crippen molar-refractivity contribution in [1.82, 2.24) is 0 Å². The lowest BCUT2D eigenvalue weighted by Crippen LogP contribution is -2.50. The first kappa shape index (κ1) is 51.1. The molecular formula is C78H66N2Si3. The molecule has 2 nitrogen and oxygen atoms in total. The lowest BCUT2D eigenvalue weighted by Gasteiger charge is -2.51. The van der Waals surface area contributed by atoms with Gasteiger partial charge in [0.2, 0.25) is 0 Å². The quantitative estimate of drug-likeness (QED) is 0.130. The van der Waals surface area contributed by atoms with E-state index < -0.39 is 19.6 Å². The first-order valence-electron chi connectivity index (χ1n) is 29.9. The van der Waals surface area contributed by atoms with Gasteiger partial charge in [0.15, 0.2) is 0 Å². The molecule has 0 radical (unpaired) electrons. The molecule has 1 N–H and O–H groups in total. The van der Waals surface area contributed by atoms with Gasteiger partial charge in [-0.2, -0.15) is 0 Å². The molecule has 0 saturated carbocycles. The van der Waals surface area contributed by atoms with Crippen molar-refractivity contribution < 1.29 is 0 Å². The molecule has 0 heterocycles. The van der Waals surface area contributed by atoms with Gasteiger partial charge in [0.05, 0.1) is 44.4 Å². The fraction of sp³-hybridized carbons (Fsp3) is 0.103. The van der Waals surface area contributed by atoms with Crippen molar-refractivity contribution in [2.75, 3.05) is 10.2 Å². The van der Waals surface area contributed by atoms with Crippen molar-refractivity contribution in [3.05, 3.63) is 299 Å². The Morgan fingerprint density at radius 3 is 1.16 bits per heavy atom. The summed E-state index contributed by atoms with van der Waals surface area (Å²) in [6.07, 6.45) is 0. The minimum absolute atomic E-state index is 0.381. The summed E-state index contributed by atoms with van der Waals surface area (Å²) in [4.78, 5) is 2.58. The van der Waals surface area contributed by atoms with E-state index in [9.17, 15) is 0 Å². The van der Waals surface area contributed by atoms with Gasteiger partial charge >= 0.3 is 0 Å². The normalized spacial score (nSPS) is 16.2. The predicted octanol–water partition coefficient (Wildman–Crippen LogP) is 16.8. The van der Waals surface area contributed by atoms with Crippen molar-refractivity contribution in [2.45, 2.75) is 50.9 Å². The van der Waals surface area contributed by atoms with Crippen LogP contribution in [0.25, 0.3) is 65.3 Å². The summed E-state index contributed by atoms with van der Waals surface area (Å²) >= 11 is 0. The highest BCUT2D eigenvalue weighted by molar-refractivity contribution is 6.70. The van der Waals surface area contributed by atoms with E-state index in [-0.39, 0.29) is 19.0 Å². The van der Waals surface area contributed by atoms with Gasteiger partial charge in [0, 0.05) is 33.5 Å². The van der Waals surface area contributed by atoms with E-state index in [4.69, 9.17) is 0 Å². The molecule has 13 aromatic carbocycles. The summed E-state index contributed by atoms with van der Waals surface area (Å²) in [5.74, 6) is 0. The number of nitrogens with one attached hydrogen (secondary N) is 1. The molecule has 13 aromatic rings. The monoisotopic (exact) mass is 1110 g/mol. The van der Waals surface area contributed by atoms with E-state index in [0.29, 0.717) is 0 Å². The molecule has 0 amide bonds. The number of nitrogens with zero attached hydrogens (tertiary/aromatic N) is 1. The Hall–Kier alpha value is -8.85. The van der Waals surface area contributed by atoms with E-state index in [1.165, 1.54) is 131 Å². The third-order valence-corrected chi connectivity index (χ3v) is 23.3. The predicted molar refractivity (Wildman–Crippen MR) is 367 cm³/mol. The van der Waals surface area contributed by atoms with Crippen LogP contribution in [0.2, 0.25) is 26.2 Å². The van der Waals surface area contributed by atoms with Gasteiger partial charge in [-0.05, 0) is 161 Å². The molecule has 2 atom stereocenters. The molecule has 400 valence electrons. The number of hydrogen-bond donors (Lipinski definition) is 1. The molecular weight excluding hydrogens is 1050 g/mol. The van der Waals surface area contributed by atoms with Crippen LogP contribution in [-0.2, 0) is 10.8 Å². The van der Waals surface area contributed by atoms with Crippen LogP contribution >= 0.6 is 0 Å². The Balaban J connectivity index is 1.20. The number of rotatable bonds is 11. The second-order valence-corrected chi connectivity index (χ2v) is 29.6. The smallest absolute Gasteiger partial charge is 0.0647 e. The van der Waals surface area contributed by atoms with Gasteiger partial charge in [-0.1, -0.05) is 248 Å². The average Bonchev–Trinajstić information content (AvgIpc) is 1.53. The number of hydrogen-bond acceptors (Lipinski definition) is 2. The lowest BCUT2D eigenvalue weighted by atomic mass is 9.49. The minimum atomic E-state index is -1.02. The van der Waals surface area contributed by atoms with Crippen LogP contribution in [0.3, 0.4) is 0 Å². The molecule has 0 aliphatic heterocycles. The van der Waals surface area contributed by atoms with Gasteiger partial charge in [-0.25, -0.2) is 0 Å². The largest absolute Gasteiger partial charge is 0.355 e. The van der Waals surface area contributed by atoms with E-state index in [1.54, 1.807) is 0 Å². The SMILES string of the molecule is C[SiH2]c1ccc(N(c2ccc([SiH2]C)cc2)c2cc3c(c4ccccc24)-c2c(cc(C)c4ccccc24)C3(c2ccccc2)C2(c3ccccc3)c3cc(C)c4ccccc4c3-c3c2cc(Nc2ccc([SiH](C)C)cc2)c2ccccc32)cc1. The van der Waals surface area contributed by atoms with E-state index in [0.717, 1.165) is 22.7 Å². The molecule has 0 spiro atoms. The zero-order valence-electron chi connectivity index (χ0n) is 48.2. The number of fused-ring (bicyclic) bond motifs is 14. The third-order valence-electron chi connectivity index (χ3n) is 19.0. The Kier molecular flexibility index (Phi) is 12.3. The summed E-state index contributed by atoms with van der Waals surface area (Å²) in [6.45, 7) is 14.3. The van der Waals surface area contributed by atoms with Crippen LogP contribution in [0.1, 0.15) is 44.5 Å². The summed E-state index contributed by atoms with van der Waals surface area (Å²) in [7, 11) is -1.78. The lowest BCUT2D eigenvalue weighted by molar-refractivity contribution is 0.438. The first-order chi connectivity index (χ1) is 40.7. The Bertz CT molecular complexity index is 4660. The maximum Gasteiger partial charge on any atom is 0.0647 e. The highest BCUT2D eigenvalue weighted by Gasteiger charge is 2.65. The van der Waals surface area contributed by atoms with E-state index in [1.807, 2.05) is 0 Å². The van der Waals surface area contributed by atoms with Crippen LogP contribution < -0.4 is 25.8 Å². The fourth-order valence-electron chi connectivity index (χ4n) is 15.2. The van der Waals surface area contributed by atoms with Gasteiger partial charge in [-0.15, -0.1) is 0 Å². The Morgan fingerprint density at radius 1 is 0.361 bits per heavy atom. The summed E-state index contributed by atoms with van der Waals surface area (Å²) < 4.78 is 0. The van der Waals surface area contributed by atoms with Crippen molar-refractivity contribution in [3.63, 3.8) is 0 Å². The highest BCUT2D eigenvalue weighted by atomic mass is 28.3. The molecule has 2 unspecified atom stereocenters. The number of aryl methyl sites for hydroxylation is 2. The second-order valence-electron chi connectivity index (χ2n) is 23.6. The molecule has 0 fully saturated rings. The van der Waals surface area contributed by atoms with Crippen molar-refractivity contribution >= 4 is 115 Å². The molecule has 0 aromatic heterocycles. The van der Waals surface area contributed by atoms with Crippen molar-refractivity contribution in [3.8, 4) is 22.3 Å². The Morgan fingerprint density at radius 2 is 0.723 bits per heavy atom. The average molecular weight is 1120 g/mol. The molecule has 5 heteroatoms. The zero-order chi connectivity index (χ0) is 56.1. The molecule has 15 rings (SSSR count). The van der Waals surface area contributed by atoms with Gasteiger partial charge in [0.1, 0.15) is 0 Å². The summed E-state index contributed by atoms with van der Waals surface area (Å²) in [5.41, 5.74) is 19.3. The maximum atomic E-state index is 4.14. The van der Waals surface area contributed by atoms with E-state index in [2.05, 4.69) is 305 Å². The third kappa shape index (κ3) is 7.50. The summed E-state index contributed by atoms with van der Waals surface area (Å²) in [5, 5.41) is 18.5. The molecule has 0 saturated heterocycles. The van der Waals surface area contributed by atoms with Gasteiger partial charge in [-0.3, -0.25) is 0 Å². The van der Waals surface area contributed by atoms with Crippen LogP contribution in [0.4, 0.5) is 28.4 Å². The van der Waals surface area contributed by atoms with Crippen molar-refractivity contribution in [1.29, 1.82) is 0 Å². The van der Waals surface area contributed by atoms with E-state index >= 15 is 0 Å². The van der Waals surface area contributed by atoms with Gasteiger partial charge < -0.3 is 10.2 Å². The molecule has 0 bridgehead atoms. The fourth-order valence-corrected chi connectivity index (χ4v) is 17.6. The number of benzene rings is 13. The molecule has 2 aliphatic rings. The zero-order valence-corrected chi connectivity index (χ0v) is 52.2. The van der Waals surface area contributed by atoms with Gasteiger partial charge in [0.25, 0.3) is 0 Å². The second kappa shape index (κ2) is 20.0.